The van der Waals surface area contributed by atoms with Crippen molar-refractivity contribution >= 4 is 39.8 Å². The van der Waals surface area contributed by atoms with Crippen LogP contribution in [0, 0.1) is 5.92 Å². The predicted molar refractivity (Wildman–Crippen MR) is 113 cm³/mol. The molecule has 28 heavy (non-hydrogen) atoms. The molecule has 1 atom stereocenters. The Kier molecular flexibility index (Phi) is 5.89. The highest BCUT2D eigenvalue weighted by atomic mass is 16.2. The van der Waals surface area contributed by atoms with E-state index in [-0.39, 0.29) is 17.7 Å². The van der Waals surface area contributed by atoms with Gasteiger partial charge in [-0.2, -0.15) is 0 Å². The van der Waals surface area contributed by atoms with E-state index in [4.69, 9.17) is 0 Å². The summed E-state index contributed by atoms with van der Waals surface area (Å²) in [5.74, 6) is -0.252. The van der Waals surface area contributed by atoms with Gasteiger partial charge in [-0.1, -0.05) is 19.9 Å². The van der Waals surface area contributed by atoms with Gasteiger partial charge in [-0.25, -0.2) is 0 Å². The average molecular weight is 376 g/mol. The number of carbonyl (C=O) groups is 2. The van der Waals surface area contributed by atoms with E-state index in [1.165, 1.54) is 0 Å². The van der Waals surface area contributed by atoms with Gasteiger partial charge >= 0.3 is 0 Å². The molecule has 144 valence electrons. The minimum atomic E-state index is -0.442. The Balaban J connectivity index is 1.63. The summed E-state index contributed by atoms with van der Waals surface area (Å²) in [5.41, 5.74) is 3.09. The Hall–Kier alpha value is -3.41. The van der Waals surface area contributed by atoms with E-state index in [1.54, 1.807) is 13.1 Å². The molecule has 0 saturated carbocycles. The van der Waals surface area contributed by atoms with Gasteiger partial charge in [-0.3, -0.25) is 14.6 Å². The van der Waals surface area contributed by atoms with Gasteiger partial charge in [0.15, 0.2) is 0 Å². The van der Waals surface area contributed by atoms with Gasteiger partial charge in [0, 0.05) is 28.9 Å². The van der Waals surface area contributed by atoms with E-state index in [0.29, 0.717) is 0 Å². The molecule has 0 radical (unpaired) electrons. The zero-order chi connectivity index (χ0) is 20.1. The Morgan fingerprint density at radius 1 is 0.821 bits per heavy atom. The van der Waals surface area contributed by atoms with Crippen LogP contribution in [0.1, 0.15) is 20.8 Å². The van der Waals surface area contributed by atoms with E-state index >= 15 is 0 Å². The van der Waals surface area contributed by atoms with E-state index in [1.807, 2.05) is 68.4 Å². The van der Waals surface area contributed by atoms with Crippen molar-refractivity contribution in [3.8, 4) is 0 Å². The number of rotatable bonds is 6. The lowest BCUT2D eigenvalue weighted by Crippen LogP contribution is -2.31. The van der Waals surface area contributed by atoms with Gasteiger partial charge in [-0.05, 0) is 55.5 Å². The number of benzene rings is 2. The van der Waals surface area contributed by atoms with E-state index in [0.717, 1.165) is 28.0 Å². The molecule has 2 amide bonds. The van der Waals surface area contributed by atoms with Gasteiger partial charge < -0.3 is 16.0 Å². The molecule has 3 aromatic rings. The van der Waals surface area contributed by atoms with E-state index in [2.05, 4.69) is 20.9 Å². The van der Waals surface area contributed by atoms with Crippen LogP contribution in [0.15, 0.2) is 60.8 Å². The Morgan fingerprint density at radius 3 is 2.25 bits per heavy atom. The van der Waals surface area contributed by atoms with Crippen molar-refractivity contribution in [2.24, 2.45) is 5.92 Å². The molecule has 0 spiro atoms. The molecule has 1 heterocycles. The first kappa shape index (κ1) is 19.4. The molecule has 2 aromatic carbocycles. The van der Waals surface area contributed by atoms with E-state index in [9.17, 15) is 9.59 Å². The van der Waals surface area contributed by atoms with Crippen LogP contribution < -0.4 is 16.0 Å². The monoisotopic (exact) mass is 376 g/mol. The van der Waals surface area contributed by atoms with Crippen LogP contribution in [-0.4, -0.2) is 22.8 Å². The number of nitrogens with zero attached hydrogens (tertiary/aromatic N) is 1. The van der Waals surface area contributed by atoms with Crippen molar-refractivity contribution in [2.75, 3.05) is 16.0 Å². The third kappa shape index (κ3) is 4.65. The zero-order valence-electron chi connectivity index (χ0n) is 16.2. The minimum absolute atomic E-state index is 0.0296. The minimum Gasteiger partial charge on any atom is -0.374 e. The lowest BCUT2D eigenvalue weighted by atomic mass is 10.1. The fourth-order valence-corrected chi connectivity index (χ4v) is 2.71. The SMILES string of the molecule is CC(C)C(=O)Nc1ccc(NC(C)C(=O)Nc2cccc3ncccc23)cc1. The maximum absolute atomic E-state index is 12.6. The van der Waals surface area contributed by atoms with Crippen LogP contribution >= 0.6 is 0 Å². The van der Waals surface area contributed by atoms with Crippen molar-refractivity contribution in [3.63, 3.8) is 0 Å². The number of amides is 2. The second kappa shape index (κ2) is 8.52. The highest BCUT2D eigenvalue weighted by molar-refractivity contribution is 6.03. The fourth-order valence-electron chi connectivity index (χ4n) is 2.71. The second-order valence-corrected chi connectivity index (χ2v) is 6.95. The molecular weight excluding hydrogens is 352 g/mol. The molecule has 0 aliphatic rings. The van der Waals surface area contributed by atoms with Crippen molar-refractivity contribution in [2.45, 2.75) is 26.8 Å². The summed E-state index contributed by atoms with van der Waals surface area (Å²) in [4.78, 5) is 28.6. The topological polar surface area (TPSA) is 83.1 Å². The van der Waals surface area contributed by atoms with Gasteiger partial charge in [0.05, 0.1) is 11.2 Å². The maximum Gasteiger partial charge on any atom is 0.246 e. The van der Waals surface area contributed by atoms with Crippen molar-refractivity contribution in [3.05, 3.63) is 60.8 Å². The van der Waals surface area contributed by atoms with Crippen molar-refractivity contribution in [1.29, 1.82) is 0 Å². The summed E-state index contributed by atoms with van der Waals surface area (Å²) in [7, 11) is 0. The summed E-state index contributed by atoms with van der Waals surface area (Å²) in [6.45, 7) is 5.49. The summed E-state index contributed by atoms with van der Waals surface area (Å²) in [6.07, 6.45) is 1.73. The third-order valence-electron chi connectivity index (χ3n) is 4.36. The number of nitrogens with one attached hydrogen (secondary N) is 3. The highest BCUT2D eigenvalue weighted by Crippen LogP contribution is 2.22. The lowest BCUT2D eigenvalue weighted by Gasteiger charge is -2.16. The van der Waals surface area contributed by atoms with Crippen molar-refractivity contribution < 1.29 is 9.59 Å². The van der Waals surface area contributed by atoms with Gasteiger partial charge in [0.1, 0.15) is 6.04 Å². The van der Waals surface area contributed by atoms with Crippen LogP contribution in [-0.2, 0) is 9.59 Å². The molecule has 0 aliphatic carbocycles. The smallest absolute Gasteiger partial charge is 0.246 e. The number of pyridine rings is 1. The molecule has 0 saturated heterocycles. The number of fused-ring (bicyclic) bond motifs is 1. The third-order valence-corrected chi connectivity index (χ3v) is 4.36. The number of carbonyl (C=O) groups excluding carboxylic acids is 2. The van der Waals surface area contributed by atoms with Crippen LogP contribution in [0.3, 0.4) is 0 Å². The first-order valence-corrected chi connectivity index (χ1v) is 9.26. The van der Waals surface area contributed by atoms with Crippen LogP contribution in [0.25, 0.3) is 10.9 Å². The number of hydrogen-bond acceptors (Lipinski definition) is 4. The summed E-state index contributed by atoms with van der Waals surface area (Å²) >= 11 is 0. The molecule has 0 bridgehead atoms. The van der Waals surface area contributed by atoms with Gasteiger partial charge in [-0.15, -0.1) is 0 Å². The quantitative estimate of drug-likeness (QED) is 0.600. The normalized spacial score (nSPS) is 11.9. The molecule has 6 heteroatoms. The lowest BCUT2D eigenvalue weighted by molar-refractivity contribution is -0.119. The molecule has 0 fully saturated rings. The predicted octanol–water partition coefficient (Wildman–Crippen LogP) is 4.27. The first-order chi connectivity index (χ1) is 13.4. The van der Waals surface area contributed by atoms with Gasteiger partial charge in [0.2, 0.25) is 11.8 Å². The molecule has 1 unspecified atom stereocenters. The number of aromatic nitrogens is 1. The number of anilines is 3. The Morgan fingerprint density at radius 2 is 1.54 bits per heavy atom. The average Bonchev–Trinajstić information content (AvgIpc) is 2.69. The maximum atomic E-state index is 12.6. The molecule has 6 nitrogen and oxygen atoms in total. The molecule has 3 N–H and O–H groups in total. The second-order valence-electron chi connectivity index (χ2n) is 6.95. The standard InChI is InChI=1S/C22H24N4O2/c1-14(2)21(27)25-17-11-9-16(10-12-17)24-15(3)22(28)26-20-8-4-7-19-18(20)6-5-13-23-19/h4-15,24H,1-3H3,(H,25,27)(H,26,28). The molecule has 1 aromatic heterocycles. The Bertz CT molecular complexity index is 978. The van der Waals surface area contributed by atoms with Crippen molar-refractivity contribution in [1.82, 2.24) is 4.98 Å². The van der Waals surface area contributed by atoms with Gasteiger partial charge in [0.25, 0.3) is 0 Å². The summed E-state index contributed by atoms with van der Waals surface area (Å²) in [5, 5.41) is 9.87. The summed E-state index contributed by atoms with van der Waals surface area (Å²) in [6, 6.07) is 16.3. The van der Waals surface area contributed by atoms with Crippen LogP contribution in [0.2, 0.25) is 0 Å². The Labute approximate surface area is 164 Å². The highest BCUT2D eigenvalue weighted by Gasteiger charge is 2.14. The van der Waals surface area contributed by atoms with Crippen LogP contribution in [0.4, 0.5) is 17.1 Å². The fraction of sp³-hybridized carbons (Fsp3) is 0.227. The molecule has 3 rings (SSSR count). The zero-order valence-corrected chi connectivity index (χ0v) is 16.2. The largest absolute Gasteiger partial charge is 0.374 e. The molecule has 0 aliphatic heterocycles. The number of hydrogen-bond donors (Lipinski definition) is 3. The molecular formula is C22H24N4O2. The van der Waals surface area contributed by atoms with Crippen LogP contribution in [0.5, 0.6) is 0 Å². The summed E-state index contributed by atoms with van der Waals surface area (Å²) < 4.78 is 0. The van der Waals surface area contributed by atoms with E-state index < -0.39 is 6.04 Å². The first-order valence-electron chi connectivity index (χ1n) is 9.26.